The Morgan fingerprint density at radius 3 is 3.05 bits per heavy atom. The number of nitrogens with two attached hydrogens (primary N) is 1. The number of oxime groups is 1. The van der Waals surface area contributed by atoms with Crippen molar-refractivity contribution in [1.29, 1.82) is 0 Å². The number of nitrogens with zero attached hydrogens (tertiary/aromatic N) is 2. The number of likely N-dealkylation sites (N-methyl/N-ethyl adjacent to an activating group) is 1. The summed E-state index contributed by atoms with van der Waals surface area (Å²) in [7, 11) is 0. The molecule has 0 aliphatic carbocycles. The maximum absolute atomic E-state index is 8.73. The molecule has 0 amide bonds. The van der Waals surface area contributed by atoms with Crippen molar-refractivity contribution in [2.24, 2.45) is 10.9 Å². The molecule has 1 aromatic rings. The third-order valence-corrected chi connectivity index (χ3v) is 3.67. The second-order valence-corrected chi connectivity index (χ2v) is 5.15. The fraction of sp³-hybridized carbons (Fsp3) is 0.533. The molecule has 20 heavy (non-hydrogen) atoms. The van der Waals surface area contributed by atoms with Crippen molar-refractivity contribution in [3.05, 3.63) is 35.4 Å². The van der Waals surface area contributed by atoms with E-state index in [1.54, 1.807) is 0 Å². The van der Waals surface area contributed by atoms with Gasteiger partial charge in [0.25, 0.3) is 0 Å². The van der Waals surface area contributed by atoms with E-state index < -0.39 is 0 Å². The van der Waals surface area contributed by atoms with E-state index in [9.17, 15) is 0 Å². The first-order valence-electron chi connectivity index (χ1n) is 7.13. The van der Waals surface area contributed by atoms with Gasteiger partial charge in [0.2, 0.25) is 0 Å². The Kier molecular flexibility index (Phi) is 5.38. The van der Waals surface area contributed by atoms with Crippen molar-refractivity contribution in [3.63, 3.8) is 0 Å². The van der Waals surface area contributed by atoms with Gasteiger partial charge in [-0.15, -0.1) is 0 Å². The quantitative estimate of drug-likeness (QED) is 0.360. The second kappa shape index (κ2) is 7.26. The number of rotatable bonds is 6. The van der Waals surface area contributed by atoms with Gasteiger partial charge in [-0.05, 0) is 31.0 Å². The highest BCUT2D eigenvalue weighted by atomic mass is 16.5. The first-order chi connectivity index (χ1) is 9.72. The first-order valence-corrected chi connectivity index (χ1v) is 7.13. The minimum atomic E-state index is 0.147. The van der Waals surface area contributed by atoms with E-state index in [1.807, 2.05) is 18.2 Å². The smallest absolute Gasteiger partial charge is 0.170 e. The summed E-state index contributed by atoms with van der Waals surface area (Å²) >= 11 is 0. The molecule has 0 radical (unpaired) electrons. The third-order valence-electron chi connectivity index (χ3n) is 3.67. The Morgan fingerprint density at radius 1 is 1.55 bits per heavy atom. The van der Waals surface area contributed by atoms with Crippen LogP contribution in [-0.4, -0.2) is 41.7 Å². The SMILES string of the molecule is CCN(Cc1cccc(C(N)=NO)c1)CC1CCCO1. The summed E-state index contributed by atoms with van der Waals surface area (Å²) in [5.74, 6) is 0.147. The highest BCUT2D eigenvalue weighted by Gasteiger charge is 2.18. The maximum Gasteiger partial charge on any atom is 0.170 e. The van der Waals surface area contributed by atoms with Gasteiger partial charge in [0.05, 0.1) is 6.10 Å². The normalized spacial score (nSPS) is 19.7. The van der Waals surface area contributed by atoms with E-state index >= 15 is 0 Å². The Morgan fingerprint density at radius 2 is 2.40 bits per heavy atom. The minimum absolute atomic E-state index is 0.147. The first kappa shape index (κ1) is 14.8. The molecule has 1 saturated heterocycles. The molecule has 1 heterocycles. The van der Waals surface area contributed by atoms with Crippen LogP contribution in [-0.2, 0) is 11.3 Å². The average Bonchev–Trinajstić information content (AvgIpc) is 2.99. The van der Waals surface area contributed by atoms with Gasteiger partial charge in [0, 0.05) is 25.3 Å². The third kappa shape index (κ3) is 3.95. The zero-order chi connectivity index (χ0) is 14.4. The van der Waals surface area contributed by atoms with E-state index in [2.05, 4.69) is 23.0 Å². The van der Waals surface area contributed by atoms with Crippen LogP contribution in [0.25, 0.3) is 0 Å². The summed E-state index contributed by atoms with van der Waals surface area (Å²) in [5, 5.41) is 11.8. The Hall–Kier alpha value is -1.59. The molecule has 5 heteroatoms. The fourth-order valence-electron chi connectivity index (χ4n) is 2.53. The second-order valence-electron chi connectivity index (χ2n) is 5.15. The summed E-state index contributed by atoms with van der Waals surface area (Å²) in [6.45, 7) is 5.84. The van der Waals surface area contributed by atoms with Crippen LogP contribution in [0, 0.1) is 0 Å². The number of hydrogen-bond acceptors (Lipinski definition) is 4. The van der Waals surface area contributed by atoms with Crippen molar-refractivity contribution in [2.75, 3.05) is 19.7 Å². The van der Waals surface area contributed by atoms with Crippen LogP contribution in [0.3, 0.4) is 0 Å². The van der Waals surface area contributed by atoms with Gasteiger partial charge in [0.1, 0.15) is 0 Å². The molecule has 0 bridgehead atoms. The highest BCUT2D eigenvalue weighted by Crippen LogP contribution is 2.15. The van der Waals surface area contributed by atoms with Gasteiger partial charge >= 0.3 is 0 Å². The zero-order valence-corrected chi connectivity index (χ0v) is 12.0. The van der Waals surface area contributed by atoms with E-state index in [0.717, 1.165) is 43.8 Å². The van der Waals surface area contributed by atoms with Gasteiger partial charge in [-0.25, -0.2) is 0 Å². The van der Waals surface area contributed by atoms with Gasteiger partial charge in [0.15, 0.2) is 5.84 Å². The molecular formula is C15H23N3O2. The number of hydrogen-bond donors (Lipinski definition) is 2. The largest absolute Gasteiger partial charge is 0.409 e. The predicted molar refractivity (Wildman–Crippen MR) is 78.9 cm³/mol. The van der Waals surface area contributed by atoms with Crippen molar-refractivity contribution >= 4 is 5.84 Å². The molecule has 5 nitrogen and oxygen atoms in total. The van der Waals surface area contributed by atoms with E-state index in [-0.39, 0.29) is 5.84 Å². The van der Waals surface area contributed by atoms with Crippen LogP contribution >= 0.6 is 0 Å². The van der Waals surface area contributed by atoms with Crippen LogP contribution in [0.1, 0.15) is 30.9 Å². The number of ether oxygens (including phenoxy) is 1. The molecule has 1 atom stereocenters. The van der Waals surface area contributed by atoms with Gasteiger partial charge in [-0.2, -0.15) is 0 Å². The van der Waals surface area contributed by atoms with Crippen LogP contribution < -0.4 is 5.73 Å². The predicted octanol–water partition coefficient (Wildman–Crippen LogP) is 1.78. The van der Waals surface area contributed by atoms with E-state index in [1.165, 1.54) is 6.42 Å². The molecule has 1 aliphatic rings. The molecule has 1 unspecified atom stereocenters. The van der Waals surface area contributed by atoms with Crippen LogP contribution in [0.5, 0.6) is 0 Å². The van der Waals surface area contributed by atoms with Crippen LogP contribution in [0.15, 0.2) is 29.4 Å². The topological polar surface area (TPSA) is 71.1 Å². The lowest BCUT2D eigenvalue weighted by Crippen LogP contribution is -2.31. The lowest BCUT2D eigenvalue weighted by molar-refractivity contribution is 0.0725. The summed E-state index contributed by atoms with van der Waals surface area (Å²) in [6, 6.07) is 7.80. The Labute approximate surface area is 120 Å². The fourth-order valence-corrected chi connectivity index (χ4v) is 2.53. The molecule has 3 N–H and O–H groups in total. The standard InChI is InChI=1S/C15H23N3O2/c1-2-18(11-14-7-4-8-20-14)10-12-5-3-6-13(9-12)15(16)17-19/h3,5-6,9,14,19H,2,4,7-8,10-11H2,1H3,(H2,16,17). The lowest BCUT2D eigenvalue weighted by Gasteiger charge is -2.23. The van der Waals surface area contributed by atoms with Crippen LogP contribution in [0.4, 0.5) is 0 Å². The molecule has 0 aromatic heterocycles. The number of amidine groups is 1. The Balaban J connectivity index is 1.99. The van der Waals surface area contributed by atoms with E-state index in [0.29, 0.717) is 6.10 Å². The Bertz CT molecular complexity index is 456. The van der Waals surface area contributed by atoms with Crippen LogP contribution in [0.2, 0.25) is 0 Å². The highest BCUT2D eigenvalue weighted by molar-refractivity contribution is 5.97. The lowest BCUT2D eigenvalue weighted by atomic mass is 10.1. The average molecular weight is 277 g/mol. The van der Waals surface area contributed by atoms with Gasteiger partial charge < -0.3 is 15.7 Å². The molecule has 1 fully saturated rings. The van der Waals surface area contributed by atoms with Crippen molar-refractivity contribution in [2.45, 2.75) is 32.4 Å². The van der Waals surface area contributed by atoms with Gasteiger partial charge in [-0.3, -0.25) is 4.90 Å². The summed E-state index contributed by atoms with van der Waals surface area (Å²) in [4.78, 5) is 2.36. The summed E-state index contributed by atoms with van der Waals surface area (Å²) in [5.41, 5.74) is 7.53. The van der Waals surface area contributed by atoms with E-state index in [4.69, 9.17) is 15.7 Å². The summed E-state index contributed by atoms with van der Waals surface area (Å²) in [6.07, 6.45) is 2.68. The number of benzene rings is 1. The molecule has 2 rings (SSSR count). The molecule has 1 aromatic carbocycles. The van der Waals surface area contributed by atoms with Crippen molar-refractivity contribution in [3.8, 4) is 0 Å². The molecular weight excluding hydrogens is 254 g/mol. The molecule has 0 saturated carbocycles. The minimum Gasteiger partial charge on any atom is -0.409 e. The molecule has 110 valence electrons. The zero-order valence-electron chi connectivity index (χ0n) is 12.0. The van der Waals surface area contributed by atoms with Crippen molar-refractivity contribution in [1.82, 2.24) is 4.90 Å². The van der Waals surface area contributed by atoms with Crippen molar-refractivity contribution < 1.29 is 9.94 Å². The molecule has 0 spiro atoms. The maximum atomic E-state index is 8.73. The summed E-state index contributed by atoms with van der Waals surface area (Å²) < 4.78 is 5.69. The molecule has 1 aliphatic heterocycles. The van der Waals surface area contributed by atoms with Gasteiger partial charge in [-0.1, -0.05) is 30.3 Å². The monoisotopic (exact) mass is 277 g/mol.